The Balaban J connectivity index is 1.59. The van der Waals surface area contributed by atoms with Crippen LogP contribution >= 0.6 is 0 Å². The molecule has 31 heavy (non-hydrogen) atoms. The van der Waals surface area contributed by atoms with Gasteiger partial charge in [-0.15, -0.1) is 0 Å². The van der Waals surface area contributed by atoms with Crippen LogP contribution in [0.2, 0.25) is 0 Å². The summed E-state index contributed by atoms with van der Waals surface area (Å²) in [6, 6.07) is 7.58. The SMILES string of the molecule is COC(=O)c1ccc(C[N+]2(C[C@H](O)CO[C@@H]3C[C@H](C)CC(C)(C)C3)CCOCC2)cc1. The Morgan fingerprint density at radius 3 is 2.52 bits per heavy atom. The van der Waals surface area contributed by atoms with Gasteiger partial charge in [-0.3, -0.25) is 0 Å². The number of aliphatic hydroxyl groups excluding tert-OH is 1. The van der Waals surface area contributed by atoms with E-state index in [1.165, 1.54) is 13.5 Å². The zero-order chi connectivity index (χ0) is 22.5. The summed E-state index contributed by atoms with van der Waals surface area (Å²) in [7, 11) is 1.39. The quantitative estimate of drug-likeness (QED) is 0.502. The average molecular weight is 435 g/mol. The number of hydrogen-bond acceptors (Lipinski definition) is 5. The van der Waals surface area contributed by atoms with Gasteiger partial charge in [0.25, 0.3) is 0 Å². The molecule has 3 rings (SSSR count). The summed E-state index contributed by atoms with van der Waals surface area (Å²) in [5.41, 5.74) is 2.00. The monoisotopic (exact) mass is 434 g/mol. The van der Waals surface area contributed by atoms with Crippen molar-refractivity contribution in [3.05, 3.63) is 35.4 Å². The first kappa shape index (κ1) is 24.2. The summed E-state index contributed by atoms with van der Waals surface area (Å²) in [6.45, 7) is 11.9. The lowest BCUT2D eigenvalue weighted by atomic mass is 9.71. The molecule has 1 N–H and O–H groups in total. The molecule has 0 radical (unpaired) electrons. The molecule has 1 aromatic rings. The Kier molecular flexibility index (Phi) is 8.14. The van der Waals surface area contributed by atoms with Crippen LogP contribution in [0, 0.1) is 11.3 Å². The molecule has 2 fully saturated rings. The maximum absolute atomic E-state index is 11.7. The lowest BCUT2D eigenvalue weighted by Gasteiger charge is -2.43. The highest BCUT2D eigenvalue weighted by molar-refractivity contribution is 5.89. The van der Waals surface area contributed by atoms with Crippen molar-refractivity contribution in [1.29, 1.82) is 0 Å². The number of carbonyl (C=O) groups is 1. The summed E-state index contributed by atoms with van der Waals surface area (Å²) in [5, 5.41) is 10.9. The highest BCUT2D eigenvalue weighted by atomic mass is 16.5. The van der Waals surface area contributed by atoms with Crippen molar-refractivity contribution >= 4 is 5.97 Å². The van der Waals surface area contributed by atoms with Crippen LogP contribution in [0.25, 0.3) is 0 Å². The van der Waals surface area contributed by atoms with E-state index in [9.17, 15) is 9.90 Å². The molecular formula is C25H40NO5+. The smallest absolute Gasteiger partial charge is 0.337 e. The molecule has 0 amide bonds. The molecule has 6 nitrogen and oxygen atoms in total. The van der Waals surface area contributed by atoms with Gasteiger partial charge in [0.1, 0.15) is 32.3 Å². The minimum Gasteiger partial charge on any atom is -0.465 e. The molecule has 2 aliphatic rings. The predicted molar refractivity (Wildman–Crippen MR) is 120 cm³/mol. The summed E-state index contributed by atoms with van der Waals surface area (Å²) < 4.78 is 17.4. The first-order valence-electron chi connectivity index (χ1n) is 11.6. The third-order valence-corrected chi connectivity index (χ3v) is 6.78. The Hall–Kier alpha value is -1.47. The number of carbonyl (C=O) groups excluding carboxylic acids is 1. The molecule has 0 unspecified atom stereocenters. The van der Waals surface area contributed by atoms with E-state index in [0.717, 1.165) is 42.5 Å². The fourth-order valence-corrected chi connectivity index (χ4v) is 5.52. The summed E-state index contributed by atoms with van der Waals surface area (Å²) in [5.74, 6) is 0.339. The van der Waals surface area contributed by atoms with Crippen LogP contribution in [-0.2, 0) is 20.8 Å². The van der Waals surface area contributed by atoms with Crippen LogP contribution in [0.5, 0.6) is 0 Å². The number of rotatable bonds is 8. The van der Waals surface area contributed by atoms with Gasteiger partial charge in [-0.2, -0.15) is 0 Å². The van der Waals surface area contributed by atoms with Gasteiger partial charge in [-0.1, -0.05) is 32.9 Å². The summed E-state index contributed by atoms with van der Waals surface area (Å²) >= 11 is 0. The van der Waals surface area contributed by atoms with Crippen molar-refractivity contribution in [3.8, 4) is 0 Å². The number of esters is 1. The van der Waals surface area contributed by atoms with Crippen molar-refractivity contribution in [2.24, 2.45) is 11.3 Å². The molecule has 1 aliphatic heterocycles. The van der Waals surface area contributed by atoms with Gasteiger partial charge >= 0.3 is 5.97 Å². The van der Waals surface area contributed by atoms with Gasteiger partial charge in [0.2, 0.25) is 0 Å². The number of quaternary nitrogens is 1. The van der Waals surface area contributed by atoms with E-state index in [2.05, 4.69) is 20.8 Å². The summed E-state index contributed by atoms with van der Waals surface area (Å²) in [4.78, 5) is 11.7. The molecule has 1 heterocycles. The van der Waals surface area contributed by atoms with E-state index in [0.29, 0.717) is 43.3 Å². The fourth-order valence-electron chi connectivity index (χ4n) is 5.52. The second-order valence-electron chi connectivity index (χ2n) is 10.5. The van der Waals surface area contributed by atoms with Gasteiger partial charge in [0.15, 0.2) is 0 Å². The molecule has 174 valence electrons. The highest BCUT2D eigenvalue weighted by Gasteiger charge is 2.35. The van der Waals surface area contributed by atoms with E-state index in [1.807, 2.05) is 24.3 Å². The highest BCUT2D eigenvalue weighted by Crippen LogP contribution is 2.39. The van der Waals surface area contributed by atoms with E-state index in [1.54, 1.807) is 0 Å². The lowest BCUT2D eigenvalue weighted by Crippen LogP contribution is -2.58. The molecule has 3 atom stereocenters. The first-order valence-corrected chi connectivity index (χ1v) is 11.6. The molecule has 1 aliphatic carbocycles. The minimum atomic E-state index is -0.507. The van der Waals surface area contributed by atoms with Crippen molar-refractivity contribution in [3.63, 3.8) is 0 Å². The maximum Gasteiger partial charge on any atom is 0.337 e. The number of hydrogen-bond donors (Lipinski definition) is 1. The molecule has 0 bridgehead atoms. The van der Waals surface area contributed by atoms with Gasteiger partial charge in [0, 0.05) is 5.56 Å². The number of methoxy groups -OCH3 is 1. The maximum atomic E-state index is 11.7. The number of morpholine rings is 1. The third kappa shape index (κ3) is 7.01. The second-order valence-corrected chi connectivity index (χ2v) is 10.5. The molecule has 0 spiro atoms. The zero-order valence-electron chi connectivity index (χ0n) is 19.6. The average Bonchev–Trinajstić information content (AvgIpc) is 2.71. The molecule has 1 saturated heterocycles. The van der Waals surface area contributed by atoms with Crippen LogP contribution in [0.3, 0.4) is 0 Å². The Morgan fingerprint density at radius 2 is 1.90 bits per heavy atom. The molecule has 0 aromatic heterocycles. The largest absolute Gasteiger partial charge is 0.465 e. The Bertz CT molecular complexity index is 711. The topological polar surface area (TPSA) is 65.0 Å². The van der Waals surface area contributed by atoms with Gasteiger partial charge in [0.05, 0.1) is 38.6 Å². The fraction of sp³-hybridized carbons (Fsp3) is 0.720. The van der Waals surface area contributed by atoms with Gasteiger partial charge in [-0.25, -0.2) is 4.79 Å². The van der Waals surface area contributed by atoms with Crippen LogP contribution in [0.4, 0.5) is 0 Å². The van der Waals surface area contributed by atoms with Crippen LogP contribution in [0.15, 0.2) is 24.3 Å². The molecule has 1 aromatic carbocycles. The van der Waals surface area contributed by atoms with Crippen molar-refractivity contribution < 1.29 is 28.6 Å². The van der Waals surface area contributed by atoms with E-state index in [4.69, 9.17) is 14.2 Å². The first-order chi connectivity index (χ1) is 14.7. The molecule has 6 heteroatoms. The van der Waals surface area contributed by atoms with Crippen molar-refractivity contribution in [2.75, 3.05) is 46.6 Å². The van der Waals surface area contributed by atoms with E-state index >= 15 is 0 Å². The lowest BCUT2D eigenvalue weighted by molar-refractivity contribution is -0.950. The zero-order valence-corrected chi connectivity index (χ0v) is 19.6. The van der Waals surface area contributed by atoms with Gasteiger partial charge in [-0.05, 0) is 42.7 Å². The van der Waals surface area contributed by atoms with Crippen LogP contribution in [0.1, 0.15) is 56.0 Å². The van der Waals surface area contributed by atoms with Gasteiger partial charge < -0.3 is 23.8 Å². The number of aliphatic hydroxyl groups is 1. The Morgan fingerprint density at radius 1 is 1.23 bits per heavy atom. The van der Waals surface area contributed by atoms with Crippen molar-refractivity contribution in [1.82, 2.24) is 0 Å². The standard InChI is InChI=1S/C25H40NO5/c1-19-13-23(15-25(2,3)14-19)31-18-22(27)17-26(9-11-30-12-10-26)16-20-5-7-21(8-6-20)24(28)29-4/h5-8,19,22-23,27H,9-18H2,1-4H3/q+1/t19-,22-,23+/m0/s1. The predicted octanol–water partition coefficient (Wildman–Crippen LogP) is 3.41. The second kappa shape index (κ2) is 10.4. The van der Waals surface area contributed by atoms with E-state index in [-0.39, 0.29) is 12.1 Å². The minimum absolute atomic E-state index is 0.234. The van der Waals surface area contributed by atoms with Crippen LogP contribution in [-0.4, -0.2) is 74.3 Å². The third-order valence-electron chi connectivity index (χ3n) is 6.78. The van der Waals surface area contributed by atoms with Crippen LogP contribution < -0.4 is 0 Å². The molecule has 1 saturated carbocycles. The summed E-state index contributed by atoms with van der Waals surface area (Å²) in [6.07, 6.45) is 3.11. The number of nitrogens with zero attached hydrogens (tertiary/aromatic N) is 1. The number of ether oxygens (including phenoxy) is 3. The Labute approximate surface area is 187 Å². The normalized spacial score (nSPS) is 26.2. The van der Waals surface area contributed by atoms with E-state index < -0.39 is 6.10 Å². The molecular weight excluding hydrogens is 394 g/mol. The number of benzene rings is 1. The van der Waals surface area contributed by atoms with Crippen molar-refractivity contribution in [2.45, 2.75) is 58.8 Å².